The monoisotopic (exact) mass is 352 g/mol. The maximum absolute atomic E-state index is 12.2. The van der Waals surface area contributed by atoms with Gasteiger partial charge in [0.15, 0.2) is 0 Å². The van der Waals surface area contributed by atoms with E-state index >= 15 is 0 Å². The van der Waals surface area contributed by atoms with E-state index in [9.17, 15) is 9.59 Å². The molecule has 0 heterocycles. The van der Waals surface area contributed by atoms with E-state index in [-0.39, 0.29) is 17.4 Å². The van der Waals surface area contributed by atoms with E-state index in [1.54, 1.807) is 24.3 Å². The van der Waals surface area contributed by atoms with Crippen LogP contribution in [0.2, 0.25) is 0 Å². The van der Waals surface area contributed by atoms with E-state index in [0.29, 0.717) is 17.7 Å². The van der Waals surface area contributed by atoms with E-state index in [0.717, 1.165) is 19.3 Å². The van der Waals surface area contributed by atoms with Crippen molar-refractivity contribution in [3.05, 3.63) is 65.7 Å². The predicted octanol–water partition coefficient (Wildman–Crippen LogP) is 4.57. The molecule has 0 spiro atoms. The molecule has 0 unspecified atom stereocenters. The Morgan fingerprint density at radius 3 is 2.23 bits per heavy atom. The minimum atomic E-state index is -0.233. The summed E-state index contributed by atoms with van der Waals surface area (Å²) in [4.78, 5) is 24.3. The van der Waals surface area contributed by atoms with Crippen LogP contribution in [-0.2, 0) is 11.2 Å². The van der Waals surface area contributed by atoms with Gasteiger partial charge in [-0.1, -0.05) is 37.3 Å². The second-order valence-electron chi connectivity index (χ2n) is 7.16. The Hall–Kier alpha value is -2.62. The van der Waals surface area contributed by atoms with Crippen molar-refractivity contribution >= 4 is 17.5 Å². The van der Waals surface area contributed by atoms with Gasteiger partial charge in [-0.25, -0.2) is 0 Å². The summed E-state index contributed by atoms with van der Waals surface area (Å²) in [7, 11) is 0. The van der Waals surface area contributed by atoms with E-state index < -0.39 is 0 Å². The number of hydrogen-bond acceptors (Lipinski definition) is 2. The third kappa shape index (κ3) is 6.36. The summed E-state index contributed by atoms with van der Waals surface area (Å²) in [5.41, 5.74) is 2.31. The highest BCUT2D eigenvalue weighted by Crippen LogP contribution is 2.13. The normalized spacial score (nSPS) is 11.0. The summed E-state index contributed by atoms with van der Waals surface area (Å²) < 4.78 is 0. The molecule has 4 nitrogen and oxygen atoms in total. The molecule has 2 rings (SSSR count). The Morgan fingerprint density at radius 2 is 1.62 bits per heavy atom. The molecule has 138 valence electrons. The standard InChI is InChI=1S/C22H28N2O2/c1-4-22(2,3)24-21(26)18-13-15-19(16-14-18)23-20(25)12-8-11-17-9-6-5-7-10-17/h5-7,9-10,13-16H,4,8,11-12H2,1-3H3,(H,23,25)(H,24,26). The van der Waals surface area contributed by atoms with Gasteiger partial charge in [-0.2, -0.15) is 0 Å². The highest BCUT2D eigenvalue weighted by Gasteiger charge is 2.18. The minimum Gasteiger partial charge on any atom is -0.347 e. The van der Waals surface area contributed by atoms with Crippen LogP contribution in [0.25, 0.3) is 0 Å². The number of hydrogen-bond donors (Lipinski definition) is 2. The van der Waals surface area contributed by atoms with Gasteiger partial charge in [0.05, 0.1) is 0 Å². The van der Waals surface area contributed by atoms with Gasteiger partial charge in [0.25, 0.3) is 5.91 Å². The predicted molar refractivity (Wildman–Crippen MR) is 106 cm³/mol. The number of benzene rings is 2. The van der Waals surface area contributed by atoms with Gasteiger partial charge in [0.2, 0.25) is 5.91 Å². The topological polar surface area (TPSA) is 58.2 Å². The molecule has 26 heavy (non-hydrogen) atoms. The average molecular weight is 352 g/mol. The molecule has 0 fully saturated rings. The van der Waals surface area contributed by atoms with E-state index in [1.807, 2.05) is 39.0 Å². The quantitative estimate of drug-likeness (QED) is 0.731. The molecule has 0 atom stereocenters. The lowest BCUT2D eigenvalue weighted by Gasteiger charge is -2.24. The van der Waals surface area contributed by atoms with Crippen LogP contribution >= 0.6 is 0 Å². The fourth-order valence-electron chi connectivity index (χ4n) is 2.49. The highest BCUT2D eigenvalue weighted by molar-refractivity contribution is 5.96. The molecule has 2 aromatic carbocycles. The largest absolute Gasteiger partial charge is 0.347 e. The number of carbonyl (C=O) groups excluding carboxylic acids is 2. The van der Waals surface area contributed by atoms with Crippen molar-refractivity contribution in [2.24, 2.45) is 0 Å². The van der Waals surface area contributed by atoms with Crippen molar-refractivity contribution in [2.75, 3.05) is 5.32 Å². The molecule has 2 aromatic rings. The Kier molecular flexibility index (Phi) is 6.96. The lowest BCUT2D eigenvalue weighted by atomic mass is 10.0. The average Bonchev–Trinajstić information content (AvgIpc) is 2.63. The zero-order valence-corrected chi connectivity index (χ0v) is 15.8. The van der Waals surface area contributed by atoms with Crippen LogP contribution in [0, 0.1) is 0 Å². The lowest BCUT2D eigenvalue weighted by Crippen LogP contribution is -2.42. The number of nitrogens with one attached hydrogen (secondary N) is 2. The summed E-state index contributed by atoms with van der Waals surface area (Å²) in [5.74, 6) is -0.108. The second-order valence-corrected chi connectivity index (χ2v) is 7.16. The van der Waals surface area contributed by atoms with Gasteiger partial charge in [-0.05, 0) is 62.9 Å². The smallest absolute Gasteiger partial charge is 0.251 e. The summed E-state index contributed by atoms with van der Waals surface area (Å²) in [6.07, 6.45) is 3.03. The summed E-state index contributed by atoms with van der Waals surface area (Å²) in [6.45, 7) is 6.03. The van der Waals surface area contributed by atoms with Crippen molar-refractivity contribution in [3.8, 4) is 0 Å². The first-order valence-electron chi connectivity index (χ1n) is 9.16. The van der Waals surface area contributed by atoms with Gasteiger partial charge in [0.1, 0.15) is 0 Å². The molecule has 2 N–H and O–H groups in total. The van der Waals surface area contributed by atoms with Crippen molar-refractivity contribution < 1.29 is 9.59 Å². The number of amides is 2. The van der Waals surface area contributed by atoms with Crippen molar-refractivity contribution in [2.45, 2.75) is 52.0 Å². The molecule has 0 aromatic heterocycles. The van der Waals surface area contributed by atoms with Crippen LogP contribution in [0.3, 0.4) is 0 Å². The minimum absolute atomic E-state index is 0.00903. The first-order valence-corrected chi connectivity index (χ1v) is 9.16. The van der Waals surface area contributed by atoms with Gasteiger partial charge in [-0.3, -0.25) is 9.59 Å². The van der Waals surface area contributed by atoms with Crippen LogP contribution in [0.4, 0.5) is 5.69 Å². The first-order chi connectivity index (χ1) is 12.4. The molecule has 0 saturated carbocycles. The third-order valence-corrected chi connectivity index (χ3v) is 4.48. The summed E-state index contributed by atoms with van der Waals surface area (Å²) in [6, 6.07) is 17.2. The van der Waals surface area contributed by atoms with Crippen LogP contribution in [-0.4, -0.2) is 17.4 Å². The number of aryl methyl sites for hydroxylation is 1. The van der Waals surface area contributed by atoms with Gasteiger partial charge < -0.3 is 10.6 Å². The van der Waals surface area contributed by atoms with Crippen LogP contribution in [0.5, 0.6) is 0 Å². The van der Waals surface area contributed by atoms with Crippen LogP contribution in [0.1, 0.15) is 56.0 Å². The van der Waals surface area contributed by atoms with Gasteiger partial charge in [0, 0.05) is 23.2 Å². The molecule has 0 bridgehead atoms. The molecule has 0 radical (unpaired) electrons. The maximum atomic E-state index is 12.2. The van der Waals surface area contributed by atoms with Crippen LogP contribution in [0.15, 0.2) is 54.6 Å². The molecular formula is C22H28N2O2. The zero-order valence-electron chi connectivity index (χ0n) is 15.8. The molecule has 0 aliphatic carbocycles. The molecule has 2 amide bonds. The van der Waals surface area contributed by atoms with Gasteiger partial charge in [-0.15, -0.1) is 0 Å². The Bertz CT molecular complexity index is 722. The molecule has 0 aliphatic rings. The fourth-order valence-corrected chi connectivity index (χ4v) is 2.49. The van der Waals surface area contributed by atoms with Crippen molar-refractivity contribution in [3.63, 3.8) is 0 Å². The Morgan fingerprint density at radius 1 is 0.962 bits per heavy atom. The van der Waals surface area contributed by atoms with E-state index in [1.165, 1.54) is 5.56 Å². The molecule has 0 saturated heterocycles. The zero-order chi connectivity index (χ0) is 19.0. The summed E-state index contributed by atoms with van der Waals surface area (Å²) >= 11 is 0. The van der Waals surface area contributed by atoms with Gasteiger partial charge >= 0.3 is 0 Å². The Balaban J connectivity index is 1.80. The summed E-state index contributed by atoms with van der Waals surface area (Å²) in [5, 5.41) is 5.88. The second kappa shape index (κ2) is 9.18. The molecule has 4 heteroatoms. The lowest BCUT2D eigenvalue weighted by molar-refractivity contribution is -0.116. The molecule has 0 aliphatic heterocycles. The first kappa shape index (κ1) is 19.7. The third-order valence-electron chi connectivity index (χ3n) is 4.48. The number of rotatable bonds is 8. The van der Waals surface area contributed by atoms with E-state index in [2.05, 4.69) is 22.8 Å². The number of anilines is 1. The van der Waals surface area contributed by atoms with E-state index in [4.69, 9.17) is 0 Å². The maximum Gasteiger partial charge on any atom is 0.251 e. The molecular weight excluding hydrogens is 324 g/mol. The fraction of sp³-hybridized carbons (Fsp3) is 0.364. The van der Waals surface area contributed by atoms with Crippen LogP contribution < -0.4 is 10.6 Å². The highest BCUT2D eigenvalue weighted by atomic mass is 16.2. The SMILES string of the molecule is CCC(C)(C)NC(=O)c1ccc(NC(=O)CCCc2ccccc2)cc1. The number of carbonyl (C=O) groups is 2. The Labute approximate surface area is 156 Å². The van der Waals surface area contributed by atoms with Crippen molar-refractivity contribution in [1.29, 1.82) is 0 Å². The van der Waals surface area contributed by atoms with Crippen molar-refractivity contribution in [1.82, 2.24) is 5.32 Å².